The molecule has 1 nitrogen and oxygen atoms in total. The molecule has 0 unspecified atom stereocenters. The summed E-state index contributed by atoms with van der Waals surface area (Å²) in [5, 5.41) is 0. The van der Waals surface area contributed by atoms with Gasteiger partial charge in [-0.05, 0) is 13.7 Å². The number of halogens is 1. The summed E-state index contributed by atoms with van der Waals surface area (Å²) >= 11 is -0.984. The molecule has 0 aromatic heterocycles. The topological polar surface area (TPSA) is 26.0 Å². The van der Waals surface area contributed by atoms with Gasteiger partial charge in [0, 0.05) is 6.54 Å². The van der Waals surface area contributed by atoms with E-state index in [9.17, 15) is 0 Å². The smallest absolute Gasteiger partial charge is 0.0178 e. The summed E-state index contributed by atoms with van der Waals surface area (Å²) in [6.45, 7) is 0.650. The zero-order chi connectivity index (χ0) is 6.69. The van der Waals surface area contributed by atoms with Gasteiger partial charge in [0.1, 0.15) is 0 Å². The summed E-state index contributed by atoms with van der Waals surface area (Å²) in [6.07, 6.45) is 4.19. The molecular formula is C7H10IN. The van der Waals surface area contributed by atoms with E-state index in [1.165, 1.54) is 5.57 Å². The molecule has 0 aliphatic carbocycles. The lowest BCUT2D eigenvalue weighted by Gasteiger charge is -1.97. The summed E-state index contributed by atoms with van der Waals surface area (Å²) in [5.41, 5.74) is 6.62. The highest BCUT2D eigenvalue weighted by Gasteiger charge is 1.87. The molecular weight excluding hydrogens is 225 g/mol. The van der Waals surface area contributed by atoms with Gasteiger partial charge in [-0.3, -0.25) is 0 Å². The number of nitrogens with two attached hydrogens (primary N) is 1. The van der Waals surface area contributed by atoms with Crippen LogP contribution < -0.4 is 5.73 Å². The highest BCUT2D eigenvalue weighted by atomic mass is 127. The van der Waals surface area contributed by atoms with Crippen molar-refractivity contribution in [2.75, 3.05) is 6.54 Å². The third kappa shape index (κ3) is 1.95. The largest absolute Gasteiger partial charge is 0.326 e. The molecule has 1 aliphatic rings. The van der Waals surface area contributed by atoms with Crippen molar-refractivity contribution >= 4 is 27.4 Å². The van der Waals surface area contributed by atoms with Crippen molar-refractivity contribution < 1.29 is 0 Å². The molecule has 2 heteroatoms. The first kappa shape index (κ1) is 7.02. The Balaban J connectivity index is 2.87. The molecule has 0 saturated carbocycles. The lowest BCUT2D eigenvalue weighted by Crippen LogP contribution is -2.01. The third-order valence-corrected chi connectivity index (χ3v) is 3.68. The molecule has 2 N–H and O–H groups in total. The van der Waals surface area contributed by atoms with Crippen molar-refractivity contribution in [1.82, 2.24) is 0 Å². The highest BCUT2D eigenvalue weighted by Crippen LogP contribution is 2.14. The molecule has 0 spiro atoms. The Morgan fingerprint density at radius 3 is 2.89 bits per heavy atom. The fourth-order valence-electron chi connectivity index (χ4n) is 0.557. The summed E-state index contributed by atoms with van der Waals surface area (Å²) in [5.74, 6) is 0. The van der Waals surface area contributed by atoms with Gasteiger partial charge < -0.3 is 5.73 Å². The average Bonchev–Trinajstić information content (AvgIpc) is 1.90. The van der Waals surface area contributed by atoms with E-state index in [1.807, 2.05) is 0 Å². The minimum Gasteiger partial charge on any atom is -0.326 e. The van der Waals surface area contributed by atoms with Crippen LogP contribution in [0.2, 0.25) is 0 Å². The van der Waals surface area contributed by atoms with Crippen molar-refractivity contribution in [2.24, 2.45) is 5.73 Å². The predicted molar refractivity (Wildman–Crippen MR) is 53.5 cm³/mol. The van der Waals surface area contributed by atoms with Crippen molar-refractivity contribution in [3.05, 3.63) is 21.8 Å². The summed E-state index contributed by atoms with van der Waals surface area (Å²) in [6, 6.07) is 0. The maximum atomic E-state index is 5.41. The molecule has 50 valence electrons. The van der Waals surface area contributed by atoms with E-state index in [2.05, 4.69) is 24.8 Å². The van der Waals surface area contributed by atoms with Gasteiger partial charge in [0.25, 0.3) is 0 Å². The van der Waals surface area contributed by atoms with Crippen molar-refractivity contribution in [3.8, 4) is 0 Å². The molecule has 0 bridgehead atoms. The van der Waals surface area contributed by atoms with E-state index >= 15 is 0 Å². The summed E-state index contributed by atoms with van der Waals surface area (Å²) in [7, 11) is 0. The minimum absolute atomic E-state index is 0.650. The molecule has 0 fully saturated rings. The van der Waals surface area contributed by atoms with Crippen molar-refractivity contribution in [3.63, 3.8) is 0 Å². The molecule has 9 heavy (non-hydrogen) atoms. The zero-order valence-corrected chi connectivity index (χ0v) is 7.34. The molecule has 1 heterocycles. The fourth-order valence-corrected chi connectivity index (χ4v) is 2.64. The van der Waals surface area contributed by atoms with Crippen LogP contribution in [-0.2, 0) is 0 Å². The number of hydrogen-bond acceptors (Lipinski definition) is 1. The van der Waals surface area contributed by atoms with Crippen LogP contribution in [0.4, 0.5) is 0 Å². The number of allylic oxidation sites excluding steroid dienone is 1. The molecule has 0 atom stereocenters. The Morgan fingerprint density at radius 2 is 2.44 bits per heavy atom. The Labute approximate surface area is 61.6 Å². The van der Waals surface area contributed by atoms with Gasteiger partial charge in [-0.2, -0.15) is 0 Å². The predicted octanol–water partition coefficient (Wildman–Crippen LogP) is 1.14. The molecule has 0 radical (unpaired) electrons. The molecule has 0 aromatic carbocycles. The van der Waals surface area contributed by atoms with Crippen LogP contribution in [0.15, 0.2) is 21.8 Å². The highest BCUT2D eigenvalue weighted by molar-refractivity contribution is 14.2. The first-order valence-corrected chi connectivity index (χ1v) is 6.73. The fraction of sp³-hybridized carbons (Fsp3) is 0.143. The van der Waals surface area contributed by atoms with Crippen LogP contribution in [0.3, 0.4) is 0 Å². The van der Waals surface area contributed by atoms with Crippen LogP contribution in [-0.4, -0.2) is 15.1 Å². The zero-order valence-electron chi connectivity index (χ0n) is 5.18. The van der Waals surface area contributed by atoms with Gasteiger partial charge in [0.2, 0.25) is 0 Å². The lowest BCUT2D eigenvalue weighted by molar-refractivity contribution is 1.19. The SMILES string of the molecule is C=I1=CC=C(CN)C=C1. The Bertz CT molecular complexity index is 229. The maximum absolute atomic E-state index is 5.41. The van der Waals surface area contributed by atoms with Crippen molar-refractivity contribution in [1.29, 1.82) is 0 Å². The van der Waals surface area contributed by atoms with Gasteiger partial charge in [-0.1, -0.05) is 16.7 Å². The molecule has 0 saturated heterocycles. The van der Waals surface area contributed by atoms with Gasteiger partial charge >= 0.3 is 0 Å². The Morgan fingerprint density at radius 1 is 1.67 bits per heavy atom. The van der Waals surface area contributed by atoms with Crippen molar-refractivity contribution in [2.45, 2.75) is 0 Å². The van der Waals surface area contributed by atoms with Gasteiger partial charge in [-0.15, -0.1) is 18.9 Å². The van der Waals surface area contributed by atoms with Gasteiger partial charge in [0.05, 0.1) is 0 Å². The average molecular weight is 235 g/mol. The van der Waals surface area contributed by atoms with Crippen LogP contribution in [0, 0.1) is 0 Å². The second kappa shape index (κ2) is 3.17. The summed E-state index contributed by atoms with van der Waals surface area (Å²) in [4.78, 5) is 0. The minimum atomic E-state index is -0.984. The van der Waals surface area contributed by atoms with Gasteiger partial charge in [0.15, 0.2) is 0 Å². The number of rotatable bonds is 1. The van der Waals surface area contributed by atoms with Crippen LogP contribution in [0.25, 0.3) is 0 Å². The number of hydrogen-bond donors (Lipinski definition) is 1. The van der Waals surface area contributed by atoms with Crippen LogP contribution in [0.5, 0.6) is 0 Å². The Kier molecular flexibility index (Phi) is 2.48. The van der Waals surface area contributed by atoms with E-state index in [0.29, 0.717) is 6.54 Å². The molecule has 1 aliphatic heterocycles. The quantitative estimate of drug-likeness (QED) is 0.677. The van der Waals surface area contributed by atoms with Crippen LogP contribution >= 0.6 is 18.9 Å². The van der Waals surface area contributed by atoms with E-state index in [0.717, 1.165) is 0 Å². The summed E-state index contributed by atoms with van der Waals surface area (Å²) < 4.78 is 8.40. The maximum Gasteiger partial charge on any atom is 0.0178 e. The second-order valence-corrected chi connectivity index (χ2v) is 5.72. The van der Waals surface area contributed by atoms with E-state index in [1.54, 1.807) is 0 Å². The molecule has 0 amide bonds. The second-order valence-electron chi connectivity index (χ2n) is 1.80. The lowest BCUT2D eigenvalue weighted by atomic mass is 10.2. The van der Waals surface area contributed by atoms with E-state index in [4.69, 9.17) is 5.73 Å². The van der Waals surface area contributed by atoms with Gasteiger partial charge in [-0.25, -0.2) is 0 Å². The third-order valence-electron chi connectivity index (χ3n) is 1.11. The Hall–Kier alpha value is -0.0900. The van der Waals surface area contributed by atoms with E-state index in [-0.39, 0.29) is 0 Å². The van der Waals surface area contributed by atoms with Crippen LogP contribution in [0.1, 0.15) is 0 Å². The van der Waals surface area contributed by atoms with E-state index < -0.39 is 18.9 Å². The molecule has 0 aromatic rings. The monoisotopic (exact) mass is 235 g/mol. The first-order valence-electron chi connectivity index (χ1n) is 2.71. The molecule has 1 rings (SSSR count). The first-order chi connectivity index (χ1) is 4.33. The normalized spacial score (nSPS) is 19.0. The standard InChI is InChI=1S/C7H10IN/c1-8-4-2-7(6-9)3-5-8/h2-5H,1,6,9H2.